The summed E-state index contributed by atoms with van der Waals surface area (Å²) in [7, 11) is 1.82. The van der Waals surface area contributed by atoms with Gasteiger partial charge in [-0.2, -0.15) is 0 Å². The fraction of sp³-hybridized carbons (Fsp3) is 0.600. The lowest BCUT2D eigenvalue weighted by molar-refractivity contribution is -0.147. The Balaban J connectivity index is 1.77. The summed E-state index contributed by atoms with van der Waals surface area (Å²) in [6.07, 6.45) is 3.03. The molecule has 2 amide bonds. The number of hydrogen-bond donors (Lipinski definition) is 1. The Kier molecular flexibility index (Phi) is 5.42. The molecule has 0 bridgehead atoms. The number of rotatable bonds is 3. The topological polar surface area (TPSA) is 66.6 Å². The highest BCUT2D eigenvalue weighted by Gasteiger charge is 2.41. The van der Waals surface area contributed by atoms with E-state index in [1.165, 1.54) is 0 Å². The van der Waals surface area contributed by atoms with Crippen molar-refractivity contribution in [2.45, 2.75) is 44.7 Å². The van der Waals surface area contributed by atoms with E-state index < -0.39 is 0 Å². The number of piperidine rings is 2. The third-order valence-electron chi connectivity index (χ3n) is 5.91. The molecule has 0 spiro atoms. The molecule has 25 heavy (non-hydrogen) atoms. The predicted molar refractivity (Wildman–Crippen MR) is 97.6 cm³/mol. The van der Waals surface area contributed by atoms with Gasteiger partial charge in [-0.15, -0.1) is 0 Å². The molecule has 2 saturated heterocycles. The average molecular weight is 343 g/mol. The number of carbonyl (C=O) groups is 2. The summed E-state index contributed by atoms with van der Waals surface area (Å²) < 4.78 is 0. The van der Waals surface area contributed by atoms with Crippen molar-refractivity contribution >= 4 is 11.8 Å². The molecule has 2 heterocycles. The largest absolute Gasteiger partial charge is 0.342 e. The molecule has 0 radical (unpaired) electrons. The lowest BCUT2D eigenvalue weighted by Crippen LogP contribution is -2.50. The van der Waals surface area contributed by atoms with E-state index in [1.807, 2.05) is 42.3 Å². The van der Waals surface area contributed by atoms with Gasteiger partial charge in [-0.25, -0.2) is 0 Å². The maximum absolute atomic E-state index is 13.2. The van der Waals surface area contributed by atoms with Crippen molar-refractivity contribution in [3.8, 4) is 0 Å². The van der Waals surface area contributed by atoms with Crippen LogP contribution in [0.1, 0.15) is 44.2 Å². The maximum Gasteiger partial charge on any atom is 0.228 e. The fourth-order valence-corrected chi connectivity index (χ4v) is 4.28. The minimum Gasteiger partial charge on any atom is -0.342 e. The van der Waals surface area contributed by atoms with Crippen LogP contribution < -0.4 is 5.73 Å². The first-order valence-corrected chi connectivity index (χ1v) is 9.34. The van der Waals surface area contributed by atoms with Crippen molar-refractivity contribution in [1.82, 2.24) is 9.80 Å². The SMILES string of the molecule is CC(N)C1CCN(C(=O)C2CCC(=O)N(C)C2c2ccccc2)CC1. The van der Waals surface area contributed by atoms with Crippen LogP contribution in [0, 0.1) is 11.8 Å². The zero-order valence-corrected chi connectivity index (χ0v) is 15.2. The zero-order chi connectivity index (χ0) is 18.0. The predicted octanol–water partition coefficient (Wildman–Crippen LogP) is 2.18. The van der Waals surface area contributed by atoms with Gasteiger partial charge in [0.1, 0.15) is 0 Å². The second-order valence-electron chi connectivity index (χ2n) is 7.53. The van der Waals surface area contributed by atoms with Gasteiger partial charge < -0.3 is 15.5 Å². The molecular formula is C20H29N3O2. The lowest BCUT2D eigenvalue weighted by Gasteiger charge is -2.42. The number of nitrogens with two attached hydrogens (primary N) is 1. The van der Waals surface area contributed by atoms with Crippen molar-refractivity contribution in [2.24, 2.45) is 17.6 Å². The quantitative estimate of drug-likeness (QED) is 0.915. The van der Waals surface area contributed by atoms with E-state index in [0.717, 1.165) is 31.5 Å². The standard InChI is InChI=1S/C20H29N3O2/c1-14(21)15-10-12-23(13-11-15)20(25)17-8-9-18(24)22(2)19(17)16-6-4-3-5-7-16/h3-7,14-15,17,19H,8-13,21H2,1-2H3. The first-order chi connectivity index (χ1) is 12.0. The summed E-state index contributed by atoms with van der Waals surface area (Å²) in [5.41, 5.74) is 7.06. The number of amides is 2. The summed E-state index contributed by atoms with van der Waals surface area (Å²) in [5.74, 6) is 0.659. The Morgan fingerprint density at radius 1 is 1.16 bits per heavy atom. The monoisotopic (exact) mass is 343 g/mol. The number of hydrogen-bond acceptors (Lipinski definition) is 3. The van der Waals surface area contributed by atoms with Gasteiger partial charge in [0, 0.05) is 32.6 Å². The third kappa shape index (κ3) is 3.71. The van der Waals surface area contributed by atoms with Crippen LogP contribution >= 0.6 is 0 Å². The van der Waals surface area contributed by atoms with E-state index in [2.05, 4.69) is 6.92 Å². The zero-order valence-electron chi connectivity index (χ0n) is 15.2. The van der Waals surface area contributed by atoms with Crippen LogP contribution in [-0.4, -0.2) is 47.8 Å². The minimum atomic E-state index is -0.166. The van der Waals surface area contributed by atoms with Gasteiger partial charge in [0.15, 0.2) is 0 Å². The molecular weight excluding hydrogens is 314 g/mol. The molecule has 0 aromatic heterocycles. The minimum absolute atomic E-state index is 0.119. The van der Waals surface area contributed by atoms with E-state index in [-0.39, 0.29) is 29.8 Å². The molecule has 1 aromatic carbocycles. The van der Waals surface area contributed by atoms with Crippen LogP contribution in [0.15, 0.2) is 30.3 Å². The summed E-state index contributed by atoms with van der Waals surface area (Å²) in [6.45, 7) is 3.61. The molecule has 5 nitrogen and oxygen atoms in total. The van der Waals surface area contributed by atoms with Gasteiger partial charge in [0.2, 0.25) is 11.8 Å². The van der Waals surface area contributed by atoms with Gasteiger partial charge in [-0.1, -0.05) is 30.3 Å². The van der Waals surface area contributed by atoms with Gasteiger partial charge in [0.25, 0.3) is 0 Å². The molecule has 3 unspecified atom stereocenters. The molecule has 2 aliphatic rings. The maximum atomic E-state index is 13.2. The summed E-state index contributed by atoms with van der Waals surface area (Å²) in [6, 6.07) is 9.96. The Morgan fingerprint density at radius 3 is 2.40 bits per heavy atom. The number of benzene rings is 1. The van der Waals surface area contributed by atoms with Gasteiger partial charge >= 0.3 is 0 Å². The van der Waals surface area contributed by atoms with Gasteiger partial charge in [-0.05, 0) is 37.7 Å². The van der Waals surface area contributed by atoms with E-state index in [9.17, 15) is 9.59 Å². The Bertz CT molecular complexity index is 609. The number of likely N-dealkylation sites (tertiary alicyclic amines) is 2. The molecule has 136 valence electrons. The second kappa shape index (κ2) is 7.56. The van der Waals surface area contributed by atoms with Crippen LogP contribution in [-0.2, 0) is 9.59 Å². The Hall–Kier alpha value is -1.88. The smallest absolute Gasteiger partial charge is 0.228 e. The van der Waals surface area contributed by atoms with Crippen LogP contribution in [0.3, 0.4) is 0 Å². The summed E-state index contributed by atoms with van der Waals surface area (Å²) >= 11 is 0. The highest BCUT2D eigenvalue weighted by molar-refractivity contribution is 5.85. The molecule has 3 atom stereocenters. The normalized spacial score (nSPS) is 26.6. The first kappa shape index (κ1) is 17.9. The molecule has 2 N–H and O–H groups in total. The highest BCUT2D eigenvalue weighted by Crippen LogP contribution is 2.37. The third-order valence-corrected chi connectivity index (χ3v) is 5.91. The molecule has 5 heteroatoms. The van der Waals surface area contributed by atoms with E-state index in [0.29, 0.717) is 18.8 Å². The van der Waals surface area contributed by atoms with Crippen LogP contribution in [0.25, 0.3) is 0 Å². The molecule has 0 saturated carbocycles. The van der Waals surface area contributed by atoms with E-state index in [1.54, 1.807) is 4.90 Å². The van der Waals surface area contributed by atoms with Crippen LogP contribution in [0.5, 0.6) is 0 Å². The first-order valence-electron chi connectivity index (χ1n) is 9.34. The molecule has 2 fully saturated rings. The summed E-state index contributed by atoms with van der Waals surface area (Å²) in [4.78, 5) is 29.2. The van der Waals surface area contributed by atoms with Crippen molar-refractivity contribution < 1.29 is 9.59 Å². The molecule has 1 aromatic rings. The van der Waals surface area contributed by atoms with Crippen LogP contribution in [0.4, 0.5) is 0 Å². The fourth-order valence-electron chi connectivity index (χ4n) is 4.28. The van der Waals surface area contributed by atoms with Crippen molar-refractivity contribution in [3.05, 3.63) is 35.9 Å². The molecule has 2 aliphatic heterocycles. The van der Waals surface area contributed by atoms with Crippen molar-refractivity contribution in [3.63, 3.8) is 0 Å². The second-order valence-corrected chi connectivity index (χ2v) is 7.53. The lowest BCUT2D eigenvalue weighted by atomic mass is 9.82. The highest BCUT2D eigenvalue weighted by atomic mass is 16.2. The van der Waals surface area contributed by atoms with Crippen molar-refractivity contribution in [2.75, 3.05) is 20.1 Å². The Morgan fingerprint density at radius 2 is 1.80 bits per heavy atom. The van der Waals surface area contributed by atoms with Gasteiger partial charge in [-0.3, -0.25) is 9.59 Å². The van der Waals surface area contributed by atoms with Crippen molar-refractivity contribution in [1.29, 1.82) is 0 Å². The van der Waals surface area contributed by atoms with E-state index >= 15 is 0 Å². The van der Waals surface area contributed by atoms with E-state index in [4.69, 9.17) is 5.73 Å². The number of carbonyl (C=O) groups excluding carboxylic acids is 2. The summed E-state index contributed by atoms with van der Waals surface area (Å²) in [5, 5.41) is 0. The number of nitrogens with zero attached hydrogens (tertiary/aromatic N) is 2. The average Bonchev–Trinajstić information content (AvgIpc) is 2.64. The Labute approximate surface area is 150 Å². The van der Waals surface area contributed by atoms with Gasteiger partial charge in [0.05, 0.1) is 12.0 Å². The van der Waals surface area contributed by atoms with Crippen LogP contribution in [0.2, 0.25) is 0 Å². The molecule has 3 rings (SSSR count). The molecule has 0 aliphatic carbocycles.